The molecule has 1 aliphatic rings. The maximum absolute atomic E-state index is 9.42. The largest absolute Gasteiger partial charge is 0.487 e. The summed E-state index contributed by atoms with van der Waals surface area (Å²) in [6.45, 7) is 1.77. The van der Waals surface area contributed by atoms with Crippen molar-refractivity contribution in [2.45, 2.75) is 32.0 Å². The molecule has 0 saturated carbocycles. The number of ether oxygens (including phenoxy) is 1. The van der Waals surface area contributed by atoms with Gasteiger partial charge in [0.15, 0.2) is 0 Å². The van der Waals surface area contributed by atoms with E-state index in [0.29, 0.717) is 0 Å². The third kappa shape index (κ3) is 1.93. The van der Waals surface area contributed by atoms with E-state index < -0.39 is 6.10 Å². The van der Waals surface area contributed by atoms with Gasteiger partial charge >= 0.3 is 0 Å². The Labute approximate surface area is 92.0 Å². The summed E-state index contributed by atoms with van der Waals surface area (Å²) >= 11 is 3.43. The van der Waals surface area contributed by atoms with Gasteiger partial charge in [-0.05, 0) is 43.5 Å². The van der Waals surface area contributed by atoms with Gasteiger partial charge in [-0.1, -0.05) is 15.9 Å². The molecule has 1 heterocycles. The molecule has 1 N–H and O–H groups in total. The van der Waals surface area contributed by atoms with Crippen molar-refractivity contribution in [2.24, 2.45) is 0 Å². The number of aryl methyl sites for hydroxylation is 1. The second-order valence-corrected chi connectivity index (χ2v) is 4.60. The predicted octanol–water partition coefficient (Wildman–Crippen LogP) is 2.52. The predicted molar refractivity (Wildman–Crippen MR) is 58.6 cm³/mol. The Morgan fingerprint density at radius 1 is 1.57 bits per heavy atom. The minimum Gasteiger partial charge on any atom is -0.487 e. The first-order valence-electron chi connectivity index (χ1n) is 4.80. The van der Waals surface area contributed by atoms with Crippen LogP contribution in [-0.2, 0) is 6.42 Å². The molecular formula is C11H13BrO2. The normalized spacial score (nSPS) is 22.4. The van der Waals surface area contributed by atoms with Crippen LogP contribution in [0.2, 0.25) is 0 Å². The van der Waals surface area contributed by atoms with Crippen LogP contribution in [0.25, 0.3) is 0 Å². The van der Waals surface area contributed by atoms with Crippen molar-refractivity contribution >= 4 is 15.9 Å². The number of aliphatic hydroxyl groups is 1. The lowest BCUT2D eigenvalue weighted by atomic mass is 10.00. The van der Waals surface area contributed by atoms with E-state index in [1.54, 1.807) is 6.92 Å². The van der Waals surface area contributed by atoms with Crippen LogP contribution in [0.15, 0.2) is 22.7 Å². The second-order valence-electron chi connectivity index (χ2n) is 3.69. The van der Waals surface area contributed by atoms with Crippen LogP contribution in [0.4, 0.5) is 0 Å². The Hall–Kier alpha value is -0.540. The van der Waals surface area contributed by atoms with Crippen molar-refractivity contribution < 1.29 is 9.84 Å². The Morgan fingerprint density at radius 3 is 3.07 bits per heavy atom. The average Bonchev–Trinajstić information content (AvgIpc) is 2.16. The van der Waals surface area contributed by atoms with Crippen LogP contribution < -0.4 is 4.74 Å². The number of benzene rings is 1. The fraction of sp³-hybridized carbons (Fsp3) is 0.455. The Bertz CT molecular complexity index is 336. The van der Waals surface area contributed by atoms with Crippen molar-refractivity contribution in [3.8, 4) is 5.75 Å². The van der Waals surface area contributed by atoms with Gasteiger partial charge in [-0.25, -0.2) is 0 Å². The molecule has 2 atom stereocenters. The summed E-state index contributed by atoms with van der Waals surface area (Å²) in [4.78, 5) is 0. The van der Waals surface area contributed by atoms with Gasteiger partial charge in [-0.2, -0.15) is 0 Å². The number of rotatable bonds is 1. The molecule has 0 saturated heterocycles. The molecule has 0 aliphatic carbocycles. The van der Waals surface area contributed by atoms with E-state index in [2.05, 4.69) is 22.0 Å². The molecule has 0 spiro atoms. The zero-order valence-corrected chi connectivity index (χ0v) is 9.62. The first-order chi connectivity index (χ1) is 6.66. The molecule has 0 fully saturated rings. The van der Waals surface area contributed by atoms with Gasteiger partial charge < -0.3 is 9.84 Å². The molecule has 3 heteroatoms. The van der Waals surface area contributed by atoms with Crippen molar-refractivity contribution in [3.63, 3.8) is 0 Å². The molecule has 0 radical (unpaired) electrons. The quantitative estimate of drug-likeness (QED) is 0.837. The number of hydrogen-bond donors (Lipinski definition) is 1. The molecule has 2 nitrogen and oxygen atoms in total. The summed E-state index contributed by atoms with van der Waals surface area (Å²) in [7, 11) is 0. The van der Waals surface area contributed by atoms with Gasteiger partial charge in [0, 0.05) is 4.47 Å². The molecule has 0 aromatic heterocycles. The van der Waals surface area contributed by atoms with Crippen molar-refractivity contribution in [1.82, 2.24) is 0 Å². The fourth-order valence-electron chi connectivity index (χ4n) is 1.72. The van der Waals surface area contributed by atoms with E-state index in [0.717, 1.165) is 23.1 Å². The Balaban J connectivity index is 2.23. The summed E-state index contributed by atoms with van der Waals surface area (Å²) < 4.78 is 6.76. The third-order valence-corrected chi connectivity index (χ3v) is 3.03. The molecule has 76 valence electrons. The SMILES string of the molecule is C[C@H](O)[C@@H]1CCc2cc(Br)ccc2O1. The molecule has 0 amide bonds. The number of fused-ring (bicyclic) bond motifs is 1. The summed E-state index contributed by atoms with van der Waals surface area (Å²) in [5, 5.41) is 9.42. The van der Waals surface area contributed by atoms with Crippen LogP contribution in [0.3, 0.4) is 0 Å². The third-order valence-electron chi connectivity index (χ3n) is 2.54. The molecule has 1 aliphatic heterocycles. The lowest BCUT2D eigenvalue weighted by Gasteiger charge is -2.28. The van der Waals surface area contributed by atoms with Crippen LogP contribution >= 0.6 is 15.9 Å². The first kappa shape index (κ1) is 9.99. The smallest absolute Gasteiger partial charge is 0.125 e. The average molecular weight is 257 g/mol. The van der Waals surface area contributed by atoms with Crippen molar-refractivity contribution in [2.75, 3.05) is 0 Å². The zero-order chi connectivity index (χ0) is 10.1. The summed E-state index contributed by atoms with van der Waals surface area (Å²) in [5.41, 5.74) is 1.22. The van der Waals surface area contributed by atoms with Gasteiger partial charge in [0.25, 0.3) is 0 Å². The summed E-state index contributed by atoms with van der Waals surface area (Å²) in [6.07, 6.45) is 1.42. The number of aliphatic hydroxyl groups excluding tert-OH is 1. The van der Waals surface area contributed by atoms with E-state index in [4.69, 9.17) is 4.74 Å². The van der Waals surface area contributed by atoms with Crippen molar-refractivity contribution in [1.29, 1.82) is 0 Å². The van der Waals surface area contributed by atoms with Crippen LogP contribution in [0.1, 0.15) is 18.9 Å². The maximum atomic E-state index is 9.42. The van der Waals surface area contributed by atoms with E-state index in [1.165, 1.54) is 5.56 Å². The van der Waals surface area contributed by atoms with Gasteiger partial charge in [-0.3, -0.25) is 0 Å². The first-order valence-corrected chi connectivity index (χ1v) is 5.59. The van der Waals surface area contributed by atoms with E-state index in [1.807, 2.05) is 12.1 Å². The highest BCUT2D eigenvalue weighted by molar-refractivity contribution is 9.10. The molecule has 0 bridgehead atoms. The van der Waals surface area contributed by atoms with Crippen LogP contribution in [-0.4, -0.2) is 17.3 Å². The fourth-order valence-corrected chi connectivity index (χ4v) is 2.13. The molecule has 2 rings (SSSR count). The molecular weight excluding hydrogens is 244 g/mol. The topological polar surface area (TPSA) is 29.5 Å². The van der Waals surface area contributed by atoms with Gasteiger partial charge in [-0.15, -0.1) is 0 Å². The molecule has 14 heavy (non-hydrogen) atoms. The molecule has 0 unspecified atom stereocenters. The molecule has 1 aromatic rings. The summed E-state index contributed by atoms with van der Waals surface area (Å²) in [5.74, 6) is 0.908. The van der Waals surface area contributed by atoms with Gasteiger partial charge in [0.1, 0.15) is 11.9 Å². The number of hydrogen-bond acceptors (Lipinski definition) is 2. The standard InChI is InChI=1S/C11H13BrO2/c1-7(13)10-4-2-8-6-9(12)3-5-11(8)14-10/h3,5-7,10,13H,2,4H2,1H3/t7-,10-/m0/s1. The van der Waals surface area contributed by atoms with Gasteiger partial charge in [0.05, 0.1) is 6.10 Å². The minimum absolute atomic E-state index is 0.0522. The van der Waals surface area contributed by atoms with Crippen LogP contribution in [0.5, 0.6) is 5.75 Å². The zero-order valence-electron chi connectivity index (χ0n) is 8.03. The lowest BCUT2D eigenvalue weighted by molar-refractivity contribution is 0.0357. The molecule has 1 aromatic carbocycles. The second kappa shape index (κ2) is 3.91. The van der Waals surface area contributed by atoms with Gasteiger partial charge in [0.2, 0.25) is 0 Å². The highest BCUT2D eigenvalue weighted by Crippen LogP contribution is 2.30. The Morgan fingerprint density at radius 2 is 2.36 bits per heavy atom. The van der Waals surface area contributed by atoms with Crippen LogP contribution in [0, 0.1) is 0 Å². The summed E-state index contributed by atoms with van der Waals surface area (Å²) in [6, 6.07) is 5.99. The highest BCUT2D eigenvalue weighted by Gasteiger charge is 2.23. The van der Waals surface area contributed by atoms with E-state index in [-0.39, 0.29) is 6.10 Å². The lowest BCUT2D eigenvalue weighted by Crippen LogP contribution is -2.32. The number of halogens is 1. The monoisotopic (exact) mass is 256 g/mol. The van der Waals surface area contributed by atoms with E-state index in [9.17, 15) is 5.11 Å². The highest BCUT2D eigenvalue weighted by atomic mass is 79.9. The Kier molecular flexibility index (Phi) is 2.79. The van der Waals surface area contributed by atoms with Crippen molar-refractivity contribution in [3.05, 3.63) is 28.2 Å². The van der Waals surface area contributed by atoms with E-state index >= 15 is 0 Å². The maximum Gasteiger partial charge on any atom is 0.125 e. The minimum atomic E-state index is -0.396.